The first-order chi connectivity index (χ1) is 7.16. The van der Waals surface area contributed by atoms with Crippen LogP contribution >= 0.6 is 0 Å². The van der Waals surface area contributed by atoms with Crippen molar-refractivity contribution >= 4 is 5.69 Å². The van der Waals surface area contributed by atoms with Gasteiger partial charge in [-0.25, -0.2) is 0 Å². The van der Waals surface area contributed by atoms with E-state index in [4.69, 9.17) is 5.73 Å². The minimum Gasteiger partial charge on any atom is -0.324 e. The van der Waals surface area contributed by atoms with Gasteiger partial charge in [0.15, 0.2) is 0 Å². The van der Waals surface area contributed by atoms with Crippen molar-refractivity contribution in [1.29, 1.82) is 0 Å². The number of nitro benzene ring substituents is 1. The second kappa shape index (κ2) is 5.26. The number of nitro groups is 1. The Hall–Kier alpha value is -1.68. The van der Waals surface area contributed by atoms with E-state index >= 15 is 0 Å². The molecule has 1 atom stereocenters. The highest BCUT2D eigenvalue weighted by molar-refractivity contribution is 5.41. The van der Waals surface area contributed by atoms with Gasteiger partial charge in [0.2, 0.25) is 0 Å². The molecule has 0 aromatic heterocycles. The number of benzene rings is 1. The van der Waals surface area contributed by atoms with Gasteiger partial charge in [-0.3, -0.25) is 10.1 Å². The first kappa shape index (κ1) is 11.4. The smallest absolute Gasteiger partial charge is 0.274 e. The molecule has 4 nitrogen and oxygen atoms in total. The molecule has 4 heteroatoms. The van der Waals surface area contributed by atoms with Crippen LogP contribution in [0.4, 0.5) is 5.69 Å². The molecular weight excluding hydrogens is 192 g/mol. The fourth-order valence-corrected chi connectivity index (χ4v) is 1.42. The molecule has 0 heterocycles. The largest absolute Gasteiger partial charge is 0.324 e. The molecule has 0 spiro atoms. The Labute approximate surface area is 88.6 Å². The second-order valence-corrected chi connectivity index (χ2v) is 3.29. The van der Waals surface area contributed by atoms with Crippen LogP contribution in [0.1, 0.15) is 24.4 Å². The lowest BCUT2D eigenvalue weighted by Gasteiger charge is -2.10. The molecule has 0 aliphatic carbocycles. The number of nitrogens with zero attached hydrogens (tertiary/aromatic N) is 1. The van der Waals surface area contributed by atoms with Crippen molar-refractivity contribution in [1.82, 2.24) is 0 Å². The lowest BCUT2D eigenvalue weighted by atomic mass is 10.0. The first-order valence-electron chi connectivity index (χ1n) is 4.76. The van der Waals surface area contributed by atoms with Crippen molar-refractivity contribution in [2.45, 2.75) is 18.9 Å². The van der Waals surface area contributed by atoms with E-state index in [0.29, 0.717) is 12.0 Å². The zero-order valence-electron chi connectivity index (χ0n) is 8.43. The van der Waals surface area contributed by atoms with Crippen LogP contribution in [0.5, 0.6) is 0 Å². The summed E-state index contributed by atoms with van der Waals surface area (Å²) in [5.74, 6) is 0. The molecule has 0 saturated heterocycles. The molecule has 0 bridgehead atoms. The zero-order valence-corrected chi connectivity index (χ0v) is 8.43. The Morgan fingerprint density at radius 1 is 1.53 bits per heavy atom. The highest BCUT2D eigenvalue weighted by Gasteiger charge is 2.17. The molecule has 0 unspecified atom stereocenters. The monoisotopic (exact) mass is 206 g/mol. The first-order valence-corrected chi connectivity index (χ1v) is 4.76. The fraction of sp³-hybridized carbons (Fsp3) is 0.273. The minimum absolute atomic E-state index is 0.0917. The van der Waals surface area contributed by atoms with Gasteiger partial charge in [-0.1, -0.05) is 24.3 Å². The SMILES string of the molecule is C=CCC[C@@H](N)c1ccccc1[N+](=O)[O-]. The average Bonchev–Trinajstić information content (AvgIpc) is 2.25. The minimum atomic E-state index is -0.400. The van der Waals surface area contributed by atoms with Crippen LogP contribution in [0.2, 0.25) is 0 Å². The summed E-state index contributed by atoms with van der Waals surface area (Å²) in [6, 6.07) is 6.28. The Morgan fingerprint density at radius 2 is 2.20 bits per heavy atom. The maximum absolute atomic E-state index is 10.7. The maximum Gasteiger partial charge on any atom is 0.274 e. The number of allylic oxidation sites excluding steroid dienone is 1. The van der Waals surface area contributed by atoms with Gasteiger partial charge in [0.05, 0.1) is 4.92 Å². The third-order valence-corrected chi connectivity index (χ3v) is 2.21. The lowest BCUT2D eigenvalue weighted by molar-refractivity contribution is -0.385. The number of para-hydroxylation sites is 1. The van der Waals surface area contributed by atoms with Crippen LogP contribution in [0.15, 0.2) is 36.9 Å². The second-order valence-electron chi connectivity index (χ2n) is 3.29. The number of nitrogens with two attached hydrogens (primary N) is 1. The molecule has 0 aliphatic rings. The maximum atomic E-state index is 10.7. The third-order valence-electron chi connectivity index (χ3n) is 2.21. The normalized spacial score (nSPS) is 12.1. The van der Waals surface area contributed by atoms with Crippen LogP contribution < -0.4 is 5.73 Å². The van der Waals surface area contributed by atoms with Gasteiger partial charge < -0.3 is 5.73 Å². The van der Waals surface area contributed by atoms with Gasteiger partial charge in [0.1, 0.15) is 0 Å². The molecule has 0 amide bonds. The molecule has 2 N–H and O–H groups in total. The van der Waals surface area contributed by atoms with Crippen LogP contribution in [0.3, 0.4) is 0 Å². The highest BCUT2D eigenvalue weighted by Crippen LogP contribution is 2.25. The van der Waals surface area contributed by atoms with Crippen molar-refractivity contribution in [2.75, 3.05) is 0 Å². The Balaban J connectivity index is 2.91. The summed E-state index contributed by atoms with van der Waals surface area (Å²) in [6.07, 6.45) is 3.19. The summed E-state index contributed by atoms with van der Waals surface area (Å²) in [5, 5.41) is 10.7. The third kappa shape index (κ3) is 2.89. The molecule has 1 rings (SSSR count). The quantitative estimate of drug-likeness (QED) is 0.457. The number of hydrogen-bond acceptors (Lipinski definition) is 3. The van der Waals surface area contributed by atoms with Crippen molar-refractivity contribution in [3.63, 3.8) is 0 Å². The van der Waals surface area contributed by atoms with Gasteiger partial charge in [-0.15, -0.1) is 6.58 Å². The van der Waals surface area contributed by atoms with E-state index in [9.17, 15) is 10.1 Å². The summed E-state index contributed by atoms with van der Waals surface area (Å²) < 4.78 is 0. The molecular formula is C11H14N2O2. The Bertz CT molecular complexity index is 363. The summed E-state index contributed by atoms with van der Waals surface area (Å²) in [4.78, 5) is 10.3. The molecule has 80 valence electrons. The molecule has 15 heavy (non-hydrogen) atoms. The van der Waals surface area contributed by atoms with E-state index < -0.39 is 4.92 Å². The predicted octanol–water partition coefficient (Wildman–Crippen LogP) is 2.56. The standard InChI is InChI=1S/C11H14N2O2/c1-2-3-7-10(12)9-6-4-5-8-11(9)13(14)15/h2,4-6,8,10H,1,3,7,12H2/t10-/m1/s1. The fourth-order valence-electron chi connectivity index (χ4n) is 1.42. The van der Waals surface area contributed by atoms with Crippen LogP contribution in [-0.2, 0) is 0 Å². The molecule has 0 saturated carbocycles. The van der Waals surface area contributed by atoms with Gasteiger partial charge in [-0.2, -0.15) is 0 Å². The van der Waals surface area contributed by atoms with Crippen molar-refractivity contribution in [2.24, 2.45) is 5.73 Å². The van der Waals surface area contributed by atoms with E-state index in [1.807, 2.05) is 0 Å². The molecule has 0 radical (unpaired) electrons. The molecule has 1 aromatic rings. The molecule has 1 aromatic carbocycles. The van der Waals surface area contributed by atoms with Crippen molar-refractivity contribution < 1.29 is 4.92 Å². The van der Waals surface area contributed by atoms with E-state index in [1.54, 1.807) is 24.3 Å². The average molecular weight is 206 g/mol. The van der Waals surface area contributed by atoms with Crippen LogP contribution in [-0.4, -0.2) is 4.92 Å². The van der Waals surface area contributed by atoms with Gasteiger partial charge >= 0.3 is 0 Å². The topological polar surface area (TPSA) is 69.2 Å². The highest BCUT2D eigenvalue weighted by atomic mass is 16.6. The summed E-state index contributed by atoms with van der Waals surface area (Å²) in [5.41, 5.74) is 6.55. The van der Waals surface area contributed by atoms with Crippen LogP contribution in [0.25, 0.3) is 0 Å². The Morgan fingerprint density at radius 3 is 2.80 bits per heavy atom. The summed E-state index contributed by atoms with van der Waals surface area (Å²) >= 11 is 0. The van der Waals surface area contributed by atoms with Gasteiger partial charge in [-0.05, 0) is 12.8 Å². The number of hydrogen-bond donors (Lipinski definition) is 1. The van der Waals surface area contributed by atoms with E-state index in [1.165, 1.54) is 6.07 Å². The Kier molecular flexibility index (Phi) is 4.00. The summed E-state index contributed by atoms with van der Waals surface area (Å²) in [7, 11) is 0. The summed E-state index contributed by atoms with van der Waals surface area (Å²) in [6.45, 7) is 3.59. The van der Waals surface area contributed by atoms with Crippen molar-refractivity contribution in [3.8, 4) is 0 Å². The zero-order chi connectivity index (χ0) is 11.3. The van der Waals surface area contributed by atoms with Crippen molar-refractivity contribution in [3.05, 3.63) is 52.6 Å². The lowest BCUT2D eigenvalue weighted by Crippen LogP contribution is -2.11. The van der Waals surface area contributed by atoms with Crippen LogP contribution in [0, 0.1) is 10.1 Å². The predicted molar refractivity (Wildman–Crippen MR) is 59.5 cm³/mol. The number of rotatable bonds is 5. The molecule has 0 fully saturated rings. The van der Waals surface area contributed by atoms with Gasteiger partial charge in [0.25, 0.3) is 5.69 Å². The van der Waals surface area contributed by atoms with E-state index in [-0.39, 0.29) is 11.7 Å². The molecule has 0 aliphatic heterocycles. The van der Waals surface area contributed by atoms with Gasteiger partial charge in [0, 0.05) is 17.7 Å². The van der Waals surface area contributed by atoms with E-state index in [0.717, 1.165) is 6.42 Å². The van der Waals surface area contributed by atoms with E-state index in [2.05, 4.69) is 6.58 Å².